The number of rotatable bonds is 4. The molecule has 0 bridgehead atoms. The number of hydrogen-bond acceptors (Lipinski definition) is 3. The molecule has 1 heterocycles. The van der Waals surface area contributed by atoms with Gasteiger partial charge >= 0.3 is 0 Å². The Hall–Kier alpha value is -1.78. The van der Waals surface area contributed by atoms with Crippen molar-refractivity contribution in [3.8, 4) is 0 Å². The third kappa shape index (κ3) is 4.24. The van der Waals surface area contributed by atoms with Crippen LogP contribution in [-0.2, 0) is 16.1 Å². The van der Waals surface area contributed by atoms with Crippen LogP contribution in [0.3, 0.4) is 0 Å². The van der Waals surface area contributed by atoms with Crippen molar-refractivity contribution < 1.29 is 14.0 Å². The summed E-state index contributed by atoms with van der Waals surface area (Å²) in [6.07, 6.45) is 1.55. The topological polar surface area (TPSA) is 62.6 Å². The molecule has 2 amide bonds. The molecule has 0 aliphatic carbocycles. The second-order valence-corrected chi connectivity index (χ2v) is 5.13. The Balaban J connectivity index is 2.49. The maximum atomic E-state index is 11.8. The first kappa shape index (κ1) is 14.3. The van der Waals surface area contributed by atoms with Gasteiger partial charge in [-0.15, -0.1) is 0 Å². The minimum Gasteiger partial charge on any atom is -0.467 e. The Kier molecular flexibility index (Phi) is 4.53. The van der Waals surface area contributed by atoms with Gasteiger partial charge in [0.1, 0.15) is 12.3 Å². The van der Waals surface area contributed by atoms with Crippen LogP contribution in [0.15, 0.2) is 22.8 Å². The van der Waals surface area contributed by atoms with Crippen LogP contribution < -0.4 is 5.32 Å². The van der Waals surface area contributed by atoms with E-state index in [9.17, 15) is 9.59 Å². The summed E-state index contributed by atoms with van der Waals surface area (Å²) in [6.45, 7) is 7.54. The summed E-state index contributed by atoms with van der Waals surface area (Å²) in [6, 6.07) is 3.55. The highest BCUT2D eigenvalue weighted by Crippen LogP contribution is 2.12. The fraction of sp³-hybridized carbons (Fsp3) is 0.538. The quantitative estimate of drug-likeness (QED) is 0.884. The Morgan fingerprint density at radius 2 is 2.06 bits per heavy atom. The standard InChI is InChI=1S/C13H20N2O3/c1-10(16)15(13(2,3)4)9-12(17)14-8-11-6-5-7-18-11/h5-7H,8-9H2,1-4H3,(H,14,17). The average Bonchev–Trinajstić information content (AvgIpc) is 2.73. The monoisotopic (exact) mass is 252 g/mol. The lowest BCUT2D eigenvalue weighted by atomic mass is 10.1. The van der Waals surface area contributed by atoms with Crippen molar-refractivity contribution in [1.82, 2.24) is 10.2 Å². The number of nitrogens with zero attached hydrogens (tertiary/aromatic N) is 1. The number of nitrogens with one attached hydrogen (secondary N) is 1. The molecule has 0 radical (unpaired) electrons. The number of carbonyl (C=O) groups excluding carboxylic acids is 2. The van der Waals surface area contributed by atoms with Crippen LogP contribution >= 0.6 is 0 Å². The van der Waals surface area contributed by atoms with E-state index in [1.54, 1.807) is 18.4 Å². The molecular weight excluding hydrogens is 232 g/mol. The molecular formula is C13H20N2O3. The van der Waals surface area contributed by atoms with Gasteiger partial charge in [0.2, 0.25) is 11.8 Å². The van der Waals surface area contributed by atoms with Crippen molar-refractivity contribution in [2.24, 2.45) is 0 Å². The molecule has 0 aliphatic heterocycles. The van der Waals surface area contributed by atoms with Gasteiger partial charge in [0, 0.05) is 12.5 Å². The molecule has 0 saturated carbocycles. The molecule has 100 valence electrons. The van der Waals surface area contributed by atoms with E-state index in [-0.39, 0.29) is 23.9 Å². The molecule has 0 atom stereocenters. The van der Waals surface area contributed by atoms with Gasteiger partial charge in [-0.25, -0.2) is 0 Å². The zero-order valence-electron chi connectivity index (χ0n) is 11.3. The molecule has 5 nitrogen and oxygen atoms in total. The molecule has 1 aromatic rings. The summed E-state index contributed by atoms with van der Waals surface area (Å²) in [5, 5.41) is 2.72. The Morgan fingerprint density at radius 1 is 1.39 bits per heavy atom. The van der Waals surface area contributed by atoms with Gasteiger partial charge in [0.25, 0.3) is 0 Å². The van der Waals surface area contributed by atoms with Crippen molar-refractivity contribution in [1.29, 1.82) is 0 Å². The van der Waals surface area contributed by atoms with Crippen LogP contribution in [0.25, 0.3) is 0 Å². The van der Waals surface area contributed by atoms with Crippen LogP contribution in [0.4, 0.5) is 0 Å². The van der Waals surface area contributed by atoms with E-state index in [0.717, 1.165) is 0 Å². The molecule has 18 heavy (non-hydrogen) atoms. The number of amides is 2. The first-order chi connectivity index (χ1) is 8.30. The summed E-state index contributed by atoms with van der Waals surface area (Å²) >= 11 is 0. The first-order valence-electron chi connectivity index (χ1n) is 5.88. The van der Waals surface area contributed by atoms with Crippen molar-refractivity contribution in [2.75, 3.05) is 6.54 Å². The van der Waals surface area contributed by atoms with Crippen LogP contribution in [0.2, 0.25) is 0 Å². The maximum Gasteiger partial charge on any atom is 0.240 e. The predicted molar refractivity (Wildman–Crippen MR) is 67.7 cm³/mol. The number of furan rings is 1. The van der Waals surface area contributed by atoms with E-state index in [1.807, 2.05) is 20.8 Å². The van der Waals surface area contributed by atoms with Crippen LogP contribution in [-0.4, -0.2) is 28.8 Å². The Morgan fingerprint density at radius 3 is 2.50 bits per heavy atom. The lowest BCUT2D eigenvalue weighted by molar-refractivity contribution is -0.139. The predicted octanol–water partition coefficient (Wildman–Crippen LogP) is 1.54. The summed E-state index contributed by atoms with van der Waals surface area (Å²) in [4.78, 5) is 24.8. The number of carbonyl (C=O) groups is 2. The highest BCUT2D eigenvalue weighted by atomic mass is 16.3. The molecule has 0 unspecified atom stereocenters. The van der Waals surface area contributed by atoms with Gasteiger partial charge in [0.15, 0.2) is 0 Å². The molecule has 0 saturated heterocycles. The minimum absolute atomic E-state index is 0.0551. The normalized spacial score (nSPS) is 11.1. The fourth-order valence-electron chi connectivity index (χ4n) is 1.62. The fourth-order valence-corrected chi connectivity index (χ4v) is 1.62. The van der Waals surface area contributed by atoms with Crippen molar-refractivity contribution in [3.63, 3.8) is 0 Å². The second-order valence-electron chi connectivity index (χ2n) is 5.13. The van der Waals surface area contributed by atoms with Crippen LogP contribution in [0, 0.1) is 0 Å². The lowest BCUT2D eigenvalue weighted by Gasteiger charge is -2.34. The minimum atomic E-state index is -0.367. The third-order valence-corrected chi connectivity index (χ3v) is 2.53. The average molecular weight is 252 g/mol. The SMILES string of the molecule is CC(=O)N(CC(=O)NCc1ccco1)C(C)(C)C. The van der Waals surface area contributed by atoms with Gasteiger partial charge in [-0.05, 0) is 32.9 Å². The van der Waals surface area contributed by atoms with Crippen molar-refractivity contribution in [3.05, 3.63) is 24.2 Å². The molecule has 0 aromatic carbocycles. The largest absolute Gasteiger partial charge is 0.467 e. The van der Waals surface area contributed by atoms with Gasteiger partial charge in [-0.1, -0.05) is 0 Å². The Bertz CT molecular complexity index is 404. The second kappa shape index (κ2) is 5.71. The van der Waals surface area contributed by atoms with E-state index in [0.29, 0.717) is 12.3 Å². The molecule has 1 aromatic heterocycles. The van der Waals surface area contributed by atoms with E-state index in [4.69, 9.17) is 4.42 Å². The first-order valence-corrected chi connectivity index (χ1v) is 5.88. The summed E-state index contributed by atoms with van der Waals surface area (Å²) < 4.78 is 5.11. The van der Waals surface area contributed by atoms with Crippen molar-refractivity contribution >= 4 is 11.8 Å². The smallest absolute Gasteiger partial charge is 0.240 e. The lowest BCUT2D eigenvalue weighted by Crippen LogP contribution is -2.49. The maximum absolute atomic E-state index is 11.8. The molecule has 1 rings (SSSR count). The molecule has 0 fully saturated rings. The van der Waals surface area contributed by atoms with Gasteiger partial charge in [-0.2, -0.15) is 0 Å². The Labute approximate surface area is 107 Å². The molecule has 1 N–H and O–H groups in total. The van der Waals surface area contributed by atoms with E-state index in [2.05, 4.69) is 5.32 Å². The third-order valence-electron chi connectivity index (χ3n) is 2.53. The number of hydrogen-bond donors (Lipinski definition) is 1. The summed E-state index contributed by atoms with van der Waals surface area (Å²) in [7, 11) is 0. The summed E-state index contributed by atoms with van der Waals surface area (Å²) in [5.41, 5.74) is -0.367. The van der Waals surface area contributed by atoms with Gasteiger partial charge < -0.3 is 14.6 Å². The molecule has 0 spiro atoms. The van der Waals surface area contributed by atoms with Crippen molar-refractivity contribution in [2.45, 2.75) is 39.8 Å². The van der Waals surface area contributed by atoms with Gasteiger partial charge in [-0.3, -0.25) is 9.59 Å². The molecule has 5 heteroatoms. The van der Waals surface area contributed by atoms with E-state index >= 15 is 0 Å². The zero-order valence-corrected chi connectivity index (χ0v) is 11.3. The summed E-state index contributed by atoms with van der Waals surface area (Å²) in [5.74, 6) is 0.376. The van der Waals surface area contributed by atoms with Crippen LogP contribution in [0.5, 0.6) is 0 Å². The highest BCUT2D eigenvalue weighted by molar-refractivity contribution is 5.84. The van der Waals surface area contributed by atoms with E-state index < -0.39 is 0 Å². The van der Waals surface area contributed by atoms with Gasteiger partial charge in [0.05, 0.1) is 12.8 Å². The highest BCUT2D eigenvalue weighted by Gasteiger charge is 2.25. The van der Waals surface area contributed by atoms with E-state index in [1.165, 1.54) is 11.8 Å². The zero-order chi connectivity index (χ0) is 13.8. The van der Waals surface area contributed by atoms with Crippen LogP contribution in [0.1, 0.15) is 33.5 Å². The molecule has 0 aliphatic rings.